The van der Waals surface area contributed by atoms with Gasteiger partial charge in [-0.1, -0.05) is 32.0 Å². The van der Waals surface area contributed by atoms with Crippen molar-refractivity contribution in [2.45, 2.75) is 26.7 Å². The molecule has 0 aliphatic heterocycles. The van der Waals surface area contributed by atoms with Gasteiger partial charge in [-0.05, 0) is 25.0 Å². The maximum absolute atomic E-state index is 12.3. The quantitative estimate of drug-likeness (QED) is 0.730. The number of hydrogen-bond donors (Lipinski definition) is 3. The number of amides is 1. The normalized spacial score (nSPS) is 11.4. The Morgan fingerprint density at radius 3 is 2.48 bits per heavy atom. The standard InChI is InChI=1S/C17H23N3O3/c1-3-17(4-2,12-21)11-18-16(23)15-14(22)10-20(19-15)13-8-6-5-7-9-13/h5-10,21-22H,3-4,11-12H2,1-2H3,(H,18,23). The van der Waals surface area contributed by atoms with Crippen LogP contribution in [0.25, 0.3) is 5.69 Å². The fourth-order valence-electron chi connectivity index (χ4n) is 2.37. The van der Waals surface area contributed by atoms with Gasteiger partial charge in [0.25, 0.3) is 5.91 Å². The molecule has 3 N–H and O–H groups in total. The van der Waals surface area contributed by atoms with Gasteiger partial charge < -0.3 is 15.5 Å². The fraction of sp³-hybridized carbons (Fsp3) is 0.412. The molecule has 2 aromatic rings. The molecule has 2 rings (SSSR count). The van der Waals surface area contributed by atoms with Crippen molar-refractivity contribution in [2.24, 2.45) is 5.41 Å². The molecule has 1 heterocycles. The maximum atomic E-state index is 12.3. The second-order valence-corrected chi connectivity index (χ2v) is 5.69. The van der Waals surface area contributed by atoms with E-state index >= 15 is 0 Å². The first kappa shape index (κ1) is 17.0. The van der Waals surface area contributed by atoms with Gasteiger partial charge in [-0.25, -0.2) is 4.68 Å². The van der Waals surface area contributed by atoms with Gasteiger partial charge in [0.1, 0.15) is 0 Å². The van der Waals surface area contributed by atoms with Gasteiger partial charge in [-0.15, -0.1) is 0 Å². The number of aromatic nitrogens is 2. The first-order chi connectivity index (χ1) is 11.0. The molecule has 0 radical (unpaired) electrons. The highest BCUT2D eigenvalue weighted by atomic mass is 16.3. The molecular formula is C17H23N3O3. The van der Waals surface area contributed by atoms with Crippen LogP contribution in [0.5, 0.6) is 5.75 Å². The summed E-state index contributed by atoms with van der Waals surface area (Å²) < 4.78 is 1.46. The number of rotatable bonds is 7. The zero-order chi connectivity index (χ0) is 16.9. The van der Waals surface area contributed by atoms with E-state index in [1.54, 1.807) is 0 Å². The van der Waals surface area contributed by atoms with E-state index in [-0.39, 0.29) is 23.5 Å². The van der Waals surface area contributed by atoms with E-state index in [1.165, 1.54) is 10.9 Å². The Labute approximate surface area is 135 Å². The Morgan fingerprint density at radius 2 is 1.91 bits per heavy atom. The third kappa shape index (κ3) is 3.71. The van der Waals surface area contributed by atoms with Crippen LogP contribution in [0.15, 0.2) is 36.5 Å². The lowest BCUT2D eigenvalue weighted by molar-refractivity contribution is 0.0844. The van der Waals surface area contributed by atoms with Gasteiger partial charge in [0.2, 0.25) is 0 Å². The van der Waals surface area contributed by atoms with E-state index in [9.17, 15) is 15.0 Å². The fourth-order valence-corrected chi connectivity index (χ4v) is 2.37. The minimum Gasteiger partial charge on any atom is -0.504 e. The Balaban J connectivity index is 2.13. The minimum atomic E-state index is -0.447. The van der Waals surface area contributed by atoms with Gasteiger partial charge in [0.15, 0.2) is 11.4 Å². The molecule has 0 aliphatic carbocycles. The molecule has 6 heteroatoms. The number of carbonyl (C=O) groups excluding carboxylic acids is 1. The molecule has 0 saturated heterocycles. The van der Waals surface area contributed by atoms with E-state index in [0.717, 1.165) is 18.5 Å². The zero-order valence-electron chi connectivity index (χ0n) is 13.5. The van der Waals surface area contributed by atoms with Crippen LogP contribution in [0.3, 0.4) is 0 Å². The van der Waals surface area contributed by atoms with Crippen LogP contribution < -0.4 is 5.32 Å². The van der Waals surface area contributed by atoms with E-state index < -0.39 is 5.91 Å². The smallest absolute Gasteiger partial charge is 0.275 e. The molecule has 23 heavy (non-hydrogen) atoms. The summed E-state index contributed by atoms with van der Waals surface area (Å²) in [6.45, 7) is 4.30. The SMILES string of the molecule is CCC(CC)(CO)CNC(=O)c1nn(-c2ccccc2)cc1O. The summed E-state index contributed by atoms with van der Waals surface area (Å²) in [6.07, 6.45) is 2.92. The van der Waals surface area contributed by atoms with E-state index in [0.29, 0.717) is 6.54 Å². The molecule has 0 spiro atoms. The highest BCUT2D eigenvalue weighted by molar-refractivity contribution is 5.94. The Kier molecular flexibility index (Phi) is 5.39. The second kappa shape index (κ2) is 7.28. The maximum Gasteiger partial charge on any atom is 0.275 e. The van der Waals surface area contributed by atoms with Crippen LogP contribution in [0, 0.1) is 5.41 Å². The van der Waals surface area contributed by atoms with Gasteiger partial charge >= 0.3 is 0 Å². The van der Waals surface area contributed by atoms with Crippen LogP contribution in [-0.2, 0) is 0 Å². The molecule has 0 fully saturated rings. The van der Waals surface area contributed by atoms with Crippen molar-refractivity contribution in [1.82, 2.24) is 15.1 Å². The van der Waals surface area contributed by atoms with Crippen molar-refractivity contribution >= 4 is 5.91 Å². The number of para-hydroxylation sites is 1. The first-order valence-corrected chi connectivity index (χ1v) is 7.78. The van der Waals surface area contributed by atoms with Crippen LogP contribution >= 0.6 is 0 Å². The summed E-state index contributed by atoms with van der Waals surface area (Å²) in [5.74, 6) is -0.620. The summed E-state index contributed by atoms with van der Waals surface area (Å²) in [4.78, 5) is 12.3. The summed E-state index contributed by atoms with van der Waals surface area (Å²) in [6, 6.07) is 9.25. The lowest BCUT2D eigenvalue weighted by Crippen LogP contribution is -2.39. The second-order valence-electron chi connectivity index (χ2n) is 5.69. The molecule has 0 atom stereocenters. The molecule has 6 nitrogen and oxygen atoms in total. The average Bonchev–Trinajstić information content (AvgIpc) is 2.99. The van der Waals surface area contributed by atoms with E-state index in [2.05, 4.69) is 10.4 Å². The van der Waals surface area contributed by atoms with Crippen molar-refractivity contribution in [3.05, 3.63) is 42.2 Å². The number of nitrogens with one attached hydrogen (secondary N) is 1. The van der Waals surface area contributed by atoms with Crippen LogP contribution in [0.1, 0.15) is 37.2 Å². The zero-order valence-corrected chi connectivity index (χ0v) is 13.5. The molecule has 0 unspecified atom stereocenters. The summed E-state index contributed by atoms with van der Waals surface area (Å²) in [5.41, 5.74) is 0.398. The highest BCUT2D eigenvalue weighted by Gasteiger charge is 2.27. The third-order valence-electron chi connectivity index (χ3n) is 4.39. The Morgan fingerprint density at radius 1 is 1.26 bits per heavy atom. The Hall–Kier alpha value is -2.34. The summed E-state index contributed by atoms with van der Waals surface area (Å²) in [7, 11) is 0. The van der Waals surface area contributed by atoms with Crippen molar-refractivity contribution in [2.75, 3.05) is 13.2 Å². The molecule has 0 bridgehead atoms. The Bertz CT molecular complexity index is 640. The van der Waals surface area contributed by atoms with Gasteiger partial charge in [-0.3, -0.25) is 4.79 Å². The monoisotopic (exact) mass is 317 g/mol. The van der Waals surface area contributed by atoms with Crippen molar-refractivity contribution in [1.29, 1.82) is 0 Å². The molecule has 0 aliphatic rings. The number of benzene rings is 1. The average molecular weight is 317 g/mol. The number of carbonyl (C=O) groups is 1. The molecule has 124 valence electrons. The number of hydrogen-bond acceptors (Lipinski definition) is 4. The predicted octanol–water partition coefficient (Wildman–Crippen LogP) is 2.11. The van der Waals surface area contributed by atoms with Crippen LogP contribution in [-0.4, -0.2) is 39.1 Å². The minimum absolute atomic E-state index is 0.00468. The van der Waals surface area contributed by atoms with Gasteiger partial charge in [0, 0.05) is 12.0 Å². The summed E-state index contributed by atoms with van der Waals surface area (Å²) in [5, 5.41) is 26.4. The van der Waals surface area contributed by atoms with Crippen molar-refractivity contribution in [3.63, 3.8) is 0 Å². The van der Waals surface area contributed by atoms with Crippen molar-refractivity contribution in [3.8, 4) is 11.4 Å². The van der Waals surface area contributed by atoms with E-state index in [1.807, 2.05) is 44.2 Å². The lowest BCUT2D eigenvalue weighted by Gasteiger charge is -2.29. The number of aliphatic hydroxyl groups excluding tert-OH is 1. The first-order valence-electron chi connectivity index (χ1n) is 7.78. The van der Waals surface area contributed by atoms with Crippen LogP contribution in [0.2, 0.25) is 0 Å². The highest BCUT2D eigenvalue weighted by Crippen LogP contribution is 2.25. The molecule has 0 saturated carbocycles. The number of nitrogens with zero attached hydrogens (tertiary/aromatic N) is 2. The number of aliphatic hydroxyl groups is 1. The molecule has 1 amide bonds. The predicted molar refractivity (Wildman–Crippen MR) is 87.7 cm³/mol. The lowest BCUT2D eigenvalue weighted by atomic mass is 9.83. The largest absolute Gasteiger partial charge is 0.504 e. The van der Waals surface area contributed by atoms with Gasteiger partial charge in [0.05, 0.1) is 18.5 Å². The van der Waals surface area contributed by atoms with Crippen LogP contribution in [0.4, 0.5) is 0 Å². The number of aromatic hydroxyl groups is 1. The molecule has 1 aromatic carbocycles. The van der Waals surface area contributed by atoms with E-state index in [4.69, 9.17) is 0 Å². The van der Waals surface area contributed by atoms with Gasteiger partial charge in [-0.2, -0.15) is 5.10 Å². The molecular weight excluding hydrogens is 294 g/mol. The molecule has 1 aromatic heterocycles. The third-order valence-corrected chi connectivity index (χ3v) is 4.39. The van der Waals surface area contributed by atoms with Crippen molar-refractivity contribution < 1.29 is 15.0 Å². The summed E-state index contributed by atoms with van der Waals surface area (Å²) >= 11 is 0. The topological polar surface area (TPSA) is 87.4 Å².